The molecule has 0 bridgehead atoms. The number of rotatable bonds is 6. The normalized spacial score (nSPS) is 15.9. The summed E-state index contributed by atoms with van der Waals surface area (Å²) >= 11 is 7.60. The fourth-order valence-corrected chi connectivity index (χ4v) is 2.70. The number of ether oxygens (including phenoxy) is 1. The van der Waals surface area contributed by atoms with Gasteiger partial charge in [0.05, 0.1) is 19.1 Å². The Morgan fingerprint density at radius 1 is 1.57 bits per heavy atom. The highest BCUT2D eigenvalue weighted by atomic mass is 35.5. The van der Waals surface area contributed by atoms with E-state index in [1.165, 1.54) is 0 Å². The second-order valence-electron chi connectivity index (χ2n) is 4.83. The fourth-order valence-electron chi connectivity index (χ4n) is 2.03. The van der Waals surface area contributed by atoms with Crippen molar-refractivity contribution in [1.82, 2.24) is 4.90 Å². The van der Waals surface area contributed by atoms with Crippen LogP contribution in [0.4, 0.5) is 0 Å². The second-order valence-corrected chi connectivity index (χ2v) is 6.25. The lowest BCUT2D eigenvalue weighted by atomic mass is 10.1. The van der Waals surface area contributed by atoms with E-state index in [4.69, 9.17) is 22.1 Å². The van der Waals surface area contributed by atoms with Gasteiger partial charge in [0, 0.05) is 5.02 Å². The molecule has 1 aromatic carbocycles. The first kappa shape index (κ1) is 18.4. The van der Waals surface area contributed by atoms with Gasteiger partial charge in [-0.25, -0.2) is 0 Å². The first-order valence-corrected chi connectivity index (χ1v) is 8.33. The zero-order chi connectivity index (χ0) is 14.5. The highest BCUT2D eigenvalue weighted by Crippen LogP contribution is 2.22. The predicted octanol–water partition coefficient (Wildman–Crippen LogP) is 2.43. The van der Waals surface area contributed by atoms with Crippen molar-refractivity contribution in [3.8, 4) is 5.75 Å². The second kappa shape index (κ2) is 8.73. The van der Waals surface area contributed by atoms with Gasteiger partial charge in [-0.2, -0.15) is 11.8 Å². The van der Waals surface area contributed by atoms with Crippen molar-refractivity contribution in [2.45, 2.75) is 18.6 Å². The molecule has 7 heteroatoms. The summed E-state index contributed by atoms with van der Waals surface area (Å²) in [6.07, 6.45) is 2.76. The molecule has 1 fully saturated rings. The van der Waals surface area contributed by atoms with Crippen LogP contribution < -0.4 is 10.5 Å². The molecule has 118 valence electrons. The van der Waals surface area contributed by atoms with Crippen molar-refractivity contribution in [3.05, 3.63) is 29.3 Å². The van der Waals surface area contributed by atoms with Crippen LogP contribution in [-0.4, -0.2) is 48.1 Å². The first-order valence-electron chi connectivity index (χ1n) is 6.55. The van der Waals surface area contributed by atoms with E-state index in [0.29, 0.717) is 18.1 Å². The van der Waals surface area contributed by atoms with Crippen LogP contribution in [0.5, 0.6) is 5.75 Å². The lowest BCUT2D eigenvalue weighted by Gasteiger charge is -2.40. The number of nitrogens with two attached hydrogens (primary N) is 1. The van der Waals surface area contributed by atoms with Gasteiger partial charge in [-0.05, 0) is 36.6 Å². The molecule has 4 nitrogen and oxygen atoms in total. The van der Waals surface area contributed by atoms with E-state index >= 15 is 0 Å². The third-order valence-electron chi connectivity index (χ3n) is 3.21. The lowest BCUT2D eigenvalue weighted by Crippen LogP contribution is -2.59. The van der Waals surface area contributed by atoms with Crippen LogP contribution in [0.3, 0.4) is 0 Å². The molecule has 1 aliphatic rings. The Kier molecular flexibility index (Phi) is 7.66. The Bertz CT molecular complexity index is 470. The van der Waals surface area contributed by atoms with Crippen molar-refractivity contribution in [1.29, 1.82) is 0 Å². The molecular formula is C14H20Cl2N2O2S. The third kappa shape index (κ3) is 5.25. The van der Waals surface area contributed by atoms with Crippen LogP contribution in [0.1, 0.15) is 6.42 Å². The van der Waals surface area contributed by atoms with Gasteiger partial charge in [0.25, 0.3) is 0 Å². The molecule has 0 unspecified atom stereocenters. The largest absolute Gasteiger partial charge is 0.487 e. The van der Waals surface area contributed by atoms with Crippen molar-refractivity contribution in [2.75, 3.05) is 25.1 Å². The number of benzene rings is 1. The van der Waals surface area contributed by atoms with Crippen LogP contribution in [0.15, 0.2) is 24.3 Å². The predicted molar refractivity (Wildman–Crippen MR) is 90.7 cm³/mol. The highest BCUT2D eigenvalue weighted by molar-refractivity contribution is 7.98. The van der Waals surface area contributed by atoms with Crippen molar-refractivity contribution < 1.29 is 9.53 Å². The number of hydrogen-bond acceptors (Lipinski definition) is 4. The molecule has 1 heterocycles. The summed E-state index contributed by atoms with van der Waals surface area (Å²) in [5, 5.41) is 0.647. The summed E-state index contributed by atoms with van der Waals surface area (Å²) in [5.41, 5.74) is 5.87. The van der Waals surface area contributed by atoms with Gasteiger partial charge in [-0.15, -0.1) is 12.4 Å². The Morgan fingerprint density at radius 2 is 2.29 bits per heavy atom. The third-order valence-corrected chi connectivity index (χ3v) is 4.09. The minimum Gasteiger partial charge on any atom is -0.487 e. The molecule has 1 saturated heterocycles. The summed E-state index contributed by atoms with van der Waals surface area (Å²) in [6.45, 7) is 1.19. The molecule has 1 aliphatic heterocycles. The monoisotopic (exact) mass is 350 g/mol. The van der Waals surface area contributed by atoms with Gasteiger partial charge < -0.3 is 15.4 Å². The number of nitrogens with zero attached hydrogens (tertiary/aromatic N) is 1. The molecule has 0 radical (unpaired) electrons. The molecule has 21 heavy (non-hydrogen) atoms. The van der Waals surface area contributed by atoms with Gasteiger partial charge in [0.2, 0.25) is 5.91 Å². The Labute approximate surface area is 140 Å². The Balaban J connectivity index is 0.00000220. The smallest absolute Gasteiger partial charge is 0.239 e. The fraction of sp³-hybridized carbons (Fsp3) is 0.500. The first-order chi connectivity index (χ1) is 9.60. The number of likely N-dealkylation sites (tertiary alicyclic amines) is 1. The number of thioether (sulfide) groups is 1. The maximum Gasteiger partial charge on any atom is 0.239 e. The molecule has 0 spiro atoms. The van der Waals surface area contributed by atoms with Crippen LogP contribution in [-0.2, 0) is 4.79 Å². The van der Waals surface area contributed by atoms with E-state index in [-0.39, 0.29) is 24.4 Å². The summed E-state index contributed by atoms with van der Waals surface area (Å²) in [6, 6.07) is 6.89. The molecular weight excluding hydrogens is 331 g/mol. The lowest BCUT2D eigenvalue weighted by molar-refractivity contribution is -0.141. The average Bonchev–Trinajstić information content (AvgIpc) is 2.39. The minimum atomic E-state index is -0.394. The quantitative estimate of drug-likeness (QED) is 0.855. The van der Waals surface area contributed by atoms with E-state index in [1.807, 2.05) is 18.4 Å². The zero-order valence-electron chi connectivity index (χ0n) is 11.8. The minimum absolute atomic E-state index is 0. The van der Waals surface area contributed by atoms with Gasteiger partial charge in [0.1, 0.15) is 11.9 Å². The van der Waals surface area contributed by atoms with Crippen molar-refractivity contribution in [2.24, 2.45) is 5.73 Å². The van der Waals surface area contributed by atoms with Gasteiger partial charge >= 0.3 is 0 Å². The molecule has 1 amide bonds. The Morgan fingerprint density at radius 3 is 2.90 bits per heavy atom. The maximum atomic E-state index is 12.0. The topological polar surface area (TPSA) is 55.6 Å². The zero-order valence-corrected chi connectivity index (χ0v) is 14.2. The van der Waals surface area contributed by atoms with Crippen LogP contribution in [0.2, 0.25) is 5.02 Å². The molecule has 0 aliphatic carbocycles. The summed E-state index contributed by atoms with van der Waals surface area (Å²) in [7, 11) is 0. The number of amides is 1. The van der Waals surface area contributed by atoms with E-state index in [1.54, 1.807) is 28.8 Å². The van der Waals surface area contributed by atoms with E-state index in [9.17, 15) is 4.79 Å². The molecule has 1 aromatic rings. The van der Waals surface area contributed by atoms with Crippen molar-refractivity contribution in [3.63, 3.8) is 0 Å². The van der Waals surface area contributed by atoms with Crippen molar-refractivity contribution >= 4 is 41.7 Å². The average molecular weight is 351 g/mol. The van der Waals surface area contributed by atoms with Crippen LogP contribution >= 0.6 is 35.8 Å². The van der Waals surface area contributed by atoms with Gasteiger partial charge in [-0.1, -0.05) is 17.7 Å². The molecule has 2 N–H and O–H groups in total. The summed E-state index contributed by atoms with van der Waals surface area (Å²) in [5.74, 6) is 1.66. The molecule has 1 atom stereocenters. The van der Waals surface area contributed by atoms with E-state index in [2.05, 4.69) is 0 Å². The Hall–Kier alpha value is -0.620. The van der Waals surface area contributed by atoms with Crippen LogP contribution in [0, 0.1) is 0 Å². The SMILES string of the molecule is CSCC[C@H](N)C(=O)N1CC(Oc2cccc(Cl)c2)C1.Cl. The summed E-state index contributed by atoms with van der Waals surface area (Å²) < 4.78 is 5.75. The number of carbonyl (C=O) groups excluding carboxylic acids is 1. The van der Waals surface area contributed by atoms with E-state index in [0.717, 1.165) is 17.9 Å². The maximum absolute atomic E-state index is 12.0. The van der Waals surface area contributed by atoms with Gasteiger partial charge in [-0.3, -0.25) is 4.79 Å². The number of hydrogen-bond donors (Lipinski definition) is 1. The number of carbonyl (C=O) groups is 1. The molecule has 2 rings (SSSR count). The standard InChI is InChI=1S/C14H19ClN2O2S.ClH/c1-20-6-5-13(16)14(18)17-8-12(9-17)19-11-4-2-3-10(15)7-11;/h2-4,7,12-13H,5-6,8-9,16H2,1H3;1H/t13-;/m0./s1. The highest BCUT2D eigenvalue weighted by Gasteiger charge is 2.34. The van der Waals surface area contributed by atoms with Gasteiger partial charge in [0.15, 0.2) is 0 Å². The van der Waals surface area contributed by atoms with Crippen LogP contribution in [0.25, 0.3) is 0 Å². The van der Waals surface area contributed by atoms with E-state index < -0.39 is 6.04 Å². The molecule has 0 aromatic heterocycles. The molecule has 0 saturated carbocycles. The summed E-state index contributed by atoms with van der Waals surface area (Å²) in [4.78, 5) is 13.7. The number of halogens is 2.